The number of rotatable bonds is 8. The Morgan fingerprint density at radius 3 is 2.24 bits per heavy atom. The molecule has 0 unspecified atom stereocenters. The SMILES string of the molecule is C=CCS(=O)(=O)CC=CSS(=O)(=O)CC=CC. The minimum atomic E-state index is -3.25. The van der Waals surface area contributed by atoms with E-state index in [2.05, 4.69) is 6.58 Å². The van der Waals surface area contributed by atoms with Gasteiger partial charge < -0.3 is 0 Å². The van der Waals surface area contributed by atoms with Crippen molar-refractivity contribution in [2.45, 2.75) is 6.92 Å². The summed E-state index contributed by atoms with van der Waals surface area (Å²) >= 11 is 0. The largest absolute Gasteiger partial charge is 0.228 e. The van der Waals surface area contributed by atoms with Crippen molar-refractivity contribution in [3.8, 4) is 0 Å². The summed E-state index contributed by atoms with van der Waals surface area (Å²) in [5.74, 6) is -0.337. The predicted molar refractivity (Wildman–Crippen MR) is 74.2 cm³/mol. The molecule has 0 atom stereocenters. The van der Waals surface area contributed by atoms with Gasteiger partial charge >= 0.3 is 0 Å². The van der Waals surface area contributed by atoms with E-state index in [0.29, 0.717) is 10.8 Å². The van der Waals surface area contributed by atoms with Crippen LogP contribution in [0.5, 0.6) is 0 Å². The number of allylic oxidation sites excluding steroid dienone is 1. The third kappa shape index (κ3) is 9.20. The van der Waals surface area contributed by atoms with Crippen LogP contribution in [0.3, 0.4) is 0 Å². The average Bonchev–Trinajstić information content (AvgIpc) is 2.22. The van der Waals surface area contributed by atoms with Crippen molar-refractivity contribution in [2.75, 3.05) is 17.3 Å². The molecular formula is C10H16O4S3. The van der Waals surface area contributed by atoms with Crippen LogP contribution in [0.2, 0.25) is 0 Å². The highest BCUT2D eigenvalue weighted by Gasteiger charge is 2.08. The van der Waals surface area contributed by atoms with Crippen molar-refractivity contribution in [1.29, 1.82) is 0 Å². The van der Waals surface area contributed by atoms with Crippen LogP contribution in [0.25, 0.3) is 0 Å². The van der Waals surface area contributed by atoms with Crippen molar-refractivity contribution in [2.24, 2.45) is 0 Å². The standard InChI is InChI=1S/C10H16O4S3/c1-3-5-10-17(13,14)15-7-6-9-16(11,12)8-4-2/h3-7H,2,8-10H2,1H3. The molecule has 0 aromatic heterocycles. The van der Waals surface area contributed by atoms with E-state index in [4.69, 9.17) is 0 Å². The molecule has 0 heterocycles. The van der Waals surface area contributed by atoms with Crippen molar-refractivity contribution in [3.05, 3.63) is 36.3 Å². The second kappa shape index (κ2) is 7.73. The van der Waals surface area contributed by atoms with E-state index < -0.39 is 18.7 Å². The Morgan fingerprint density at radius 1 is 1.06 bits per heavy atom. The number of hydrogen-bond donors (Lipinski definition) is 0. The maximum absolute atomic E-state index is 11.3. The Hall–Kier alpha value is -0.530. The highest BCUT2D eigenvalue weighted by atomic mass is 33.1. The molecule has 0 bridgehead atoms. The minimum Gasteiger partial charge on any atom is -0.228 e. The van der Waals surface area contributed by atoms with E-state index in [1.54, 1.807) is 13.0 Å². The van der Waals surface area contributed by atoms with E-state index in [1.807, 2.05) is 0 Å². The topological polar surface area (TPSA) is 68.3 Å². The maximum Gasteiger partial charge on any atom is 0.209 e. The fraction of sp³-hybridized carbons (Fsp3) is 0.400. The predicted octanol–water partition coefficient (Wildman–Crippen LogP) is 1.74. The molecular weight excluding hydrogens is 280 g/mol. The lowest BCUT2D eigenvalue weighted by Crippen LogP contribution is -2.06. The summed E-state index contributed by atoms with van der Waals surface area (Å²) in [6, 6.07) is 0. The van der Waals surface area contributed by atoms with Crippen LogP contribution in [0.1, 0.15) is 6.92 Å². The maximum atomic E-state index is 11.3. The molecule has 0 fully saturated rings. The normalized spacial score (nSPS) is 13.5. The van der Waals surface area contributed by atoms with Gasteiger partial charge in [-0.1, -0.05) is 24.3 Å². The van der Waals surface area contributed by atoms with E-state index in [9.17, 15) is 16.8 Å². The summed E-state index contributed by atoms with van der Waals surface area (Å²) in [6.45, 7) is 5.07. The van der Waals surface area contributed by atoms with Gasteiger partial charge in [-0.15, -0.1) is 6.58 Å². The number of sulfone groups is 1. The zero-order valence-corrected chi connectivity index (χ0v) is 12.0. The Bertz CT molecular complexity index is 484. The Kier molecular flexibility index (Phi) is 7.49. The molecule has 0 radical (unpaired) electrons. The molecule has 0 amide bonds. The van der Waals surface area contributed by atoms with Crippen molar-refractivity contribution >= 4 is 29.5 Å². The summed E-state index contributed by atoms with van der Waals surface area (Å²) in [7, 11) is -5.81. The first-order valence-corrected chi connectivity index (χ1v) is 9.68. The Balaban J connectivity index is 4.26. The first kappa shape index (κ1) is 16.5. The van der Waals surface area contributed by atoms with Gasteiger partial charge in [-0.25, -0.2) is 16.8 Å². The fourth-order valence-electron chi connectivity index (χ4n) is 0.811. The Labute approximate surface area is 107 Å². The number of hydrogen-bond acceptors (Lipinski definition) is 5. The van der Waals surface area contributed by atoms with Gasteiger partial charge in [-0.05, 0) is 23.1 Å². The molecule has 0 saturated heterocycles. The molecule has 0 aromatic carbocycles. The molecule has 0 aliphatic heterocycles. The van der Waals surface area contributed by atoms with Crippen LogP contribution in [-0.4, -0.2) is 34.1 Å². The smallest absolute Gasteiger partial charge is 0.209 e. The first-order chi connectivity index (χ1) is 7.83. The molecule has 4 nitrogen and oxygen atoms in total. The molecule has 0 aromatic rings. The molecule has 0 N–H and O–H groups in total. The van der Waals surface area contributed by atoms with Crippen LogP contribution < -0.4 is 0 Å². The lowest BCUT2D eigenvalue weighted by molar-refractivity contribution is 0.601. The van der Waals surface area contributed by atoms with E-state index in [1.165, 1.54) is 23.6 Å². The van der Waals surface area contributed by atoms with Crippen LogP contribution in [0.15, 0.2) is 36.3 Å². The fourth-order valence-corrected chi connectivity index (χ4v) is 3.88. The van der Waals surface area contributed by atoms with Crippen LogP contribution in [0, 0.1) is 0 Å². The van der Waals surface area contributed by atoms with Gasteiger partial charge in [0, 0.05) is 0 Å². The van der Waals surface area contributed by atoms with Crippen molar-refractivity contribution in [3.63, 3.8) is 0 Å². The quantitative estimate of drug-likeness (QED) is 0.504. The summed E-state index contributed by atoms with van der Waals surface area (Å²) < 4.78 is 45.1. The third-order valence-corrected chi connectivity index (χ3v) is 5.82. The highest BCUT2D eigenvalue weighted by molar-refractivity contribution is 8.73. The second-order valence-corrected chi connectivity index (χ2v) is 9.30. The highest BCUT2D eigenvalue weighted by Crippen LogP contribution is 2.14. The third-order valence-electron chi connectivity index (χ3n) is 1.56. The molecule has 0 aliphatic rings. The van der Waals surface area contributed by atoms with Crippen LogP contribution in [0.4, 0.5) is 0 Å². The zero-order chi connectivity index (χ0) is 13.4. The molecule has 98 valence electrons. The summed E-state index contributed by atoms with van der Waals surface area (Å²) in [4.78, 5) is 0. The van der Waals surface area contributed by atoms with Gasteiger partial charge in [0.05, 0.1) is 17.3 Å². The molecule has 0 spiro atoms. The second-order valence-electron chi connectivity index (χ2n) is 3.13. The monoisotopic (exact) mass is 296 g/mol. The van der Waals surface area contributed by atoms with Crippen LogP contribution in [-0.2, 0) is 18.7 Å². The minimum absolute atomic E-state index is 0.0576. The van der Waals surface area contributed by atoms with Gasteiger partial charge in [0.15, 0.2) is 9.84 Å². The molecule has 7 heteroatoms. The van der Waals surface area contributed by atoms with Gasteiger partial charge in [0.1, 0.15) is 0 Å². The molecule has 0 rings (SSSR count). The average molecular weight is 296 g/mol. The van der Waals surface area contributed by atoms with Gasteiger partial charge in [0.25, 0.3) is 0 Å². The van der Waals surface area contributed by atoms with Gasteiger partial charge in [-0.2, -0.15) is 0 Å². The summed E-state index contributed by atoms with van der Waals surface area (Å²) in [5, 5.41) is 1.29. The summed E-state index contributed by atoms with van der Waals surface area (Å²) in [6.07, 6.45) is 5.82. The van der Waals surface area contributed by atoms with Crippen LogP contribution >= 0.6 is 10.8 Å². The lowest BCUT2D eigenvalue weighted by Gasteiger charge is -1.96. The van der Waals surface area contributed by atoms with E-state index in [-0.39, 0.29) is 17.3 Å². The molecule has 0 saturated carbocycles. The first-order valence-electron chi connectivity index (χ1n) is 4.81. The van der Waals surface area contributed by atoms with Crippen molar-refractivity contribution in [1.82, 2.24) is 0 Å². The van der Waals surface area contributed by atoms with E-state index in [0.717, 1.165) is 0 Å². The van der Waals surface area contributed by atoms with Gasteiger partial charge in [0.2, 0.25) is 8.87 Å². The summed E-state index contributed by atoms with van der Waals surface area (Å²) in [5.41, 5.74) is 0. The Morgan fingerprint density at radius 2 is 1.71 bits per heavy atom. The lowest BCUT2D eigenvalue weighted by atomic mass is 10.6. The van der Waals surface area contributed by atoms with Crippen molar-refractivity contribution < 1.29 is 16.8 Å². The van der Waals surface area contributed by atoms with E-state index >= 15 is 0 Å². The molecule has 0 aliphatic carbocycles. The molecule has 17 heavy (non-hydrogen) atoms. The van der Waals surface area contributed by atoms with Gasteiger partial charge in [-0.3, -0.25) is 0 Å². The zero-order valence-electron chi connectivity index (χ0n) is 9.57.